The number of methoxy groups -OCH3 is 4. The summed E-state index contributed by atoms with van der Waals surface area (Å²) in [6.45, 7) is 0. The molecule has 6 nitrogen and oxygen atoms in total. The first-order valence-electron chi connectivity index (χ1n) is 7.62. The second kappa shape index (κ2) is 6.76. The highest BCUT2D eigenvalue weighted by atomic mass is 16.5. The third kappa shape index (κ3) is 2.98. The summed E-state index contributed by atoms with van der Waals surface area (Å²) in [6.07, 6.45) is 0. The Morgan fingerprint density at radius 2 is 1.48 bits per heavy atom. The highest BCUT2D eigenvalue weighted by Crippen LogP contribution is 2.33. The van der Waals surface area contributed by atoms with E-state index in [9.17, 15) is 4.79 Å². The quantitative estimate of drug-likeness (QED) is 0.771. The fourth-order valence-electron chi connectivity index (χ4n) is 2.77. The molecule has 0 aliphatic rings. The standard InChI is InChI=1S/C19H19NO5/c1-22-12-8-14-19(18(9-12)25-4)15(21)10-13(20-14)11-5-6-16(23-2)17(7-11)24-3/h5-10H,1-4H3,(H,20,21). The lowest BCUT2D eigenvalue weighted by Gasteiger charge is -2.12. The molecule has 130 valence electrons. The number of fused-ring (bicyclic) bond motifs is 1. The van der Waals surface area contributed by atoms with Crippen molar-refractivity contribution in [1.82, 2.24) is 4.98 Å². The van der Waals surface area contributed by atoms with Gasteiger partial charge in [0, 0.05) is 29.5 Å². The van der Waals surface area contributed by atoms with Crippen LogP contribution < -0.4 is 24.4 Å². The summed E-state index contributed by atoms with van der Waals surface area (Å²) in [5.41, 5.74) is 1.96. The summed E-state index contributed by atoms with van der Waals surface area (Å²) in [5, 5.41) is 0.479. The Kier molecular flexibility index (Phi) is 4.52. The van der Waals surface area contributed by atoms with Crippen molar-refractivity contribution >= 4 is 10.9 Å². The number of rotatable bonds is 5. The monoisotopic (exact) mass is 341 g/mol. The summed E-state index contributed by atoms with van der Waals surface area (Å²) in [6, 6.07) is 10.5. The Morgan fingerprint density at radius 3 is 2.12 bits per heavy atom. The molecule has 0 bridgehead atoms. The number of benzene rings is 2. The van der Waals surface area contributed by atoms with Crippen LogP contribution in [0.4, 0.5) is 0 Å². The van der Waals surface area contributed by atoms with Crippen molar-refractivity contribution in [2.75, 3.05) is 28.4 Å². The van der Waals surface area contributed by atoms with Gasteiger partial charge in [0.2, 0.25) is 0 Å². The normalized spacial score (nSPS) is 10.6. The fraction of sp³-hybridized carbons (Fsp3) is 0.211. The molecular formula is C19H19NO5. The number of hydrogen-bond acceptors (Lipinski definition) is 5. The SMILES string of the molecule is COc1cc(OC)c2c(=O)cc(-c3ccc(OC)c(OC)c3)[nH]c2c1. The van der Waals surface area contributed by atoms with Crippen LogP contribution in [-0.2, 0) is 0 Å². The minimum absolute atomic E-state index is 0.141. The molecule has 2 aromatic carbocycles. The van der Waals surface area contributed by atoms with E-state index in [0.717, 1.165) is 5.56 Å². The lowest BCUT2D eigenvalue weighted by molar-refractivity contribution is 0.355. The molecule has 1 N–H and O–H groups in total. The average molecular weight is 341 g/mol. The predicted octanol–water partition coefficient (Wildman–Crippen LogP) is 3.23. The van der Waals surface area contributed by atoms with Gasteiger partial charge in [0.15, 0.2) is 16.9 Å². The van der Waals surface area contributed by atoms with Crippen LogP contribution in [0.15, 0.2) is 41.2 Å². The second-order valence-corrected chi connectivity index (χ2v) is 5.37. The number of nitrogens with one attached hydrogen (secondary N) is 1. The van der Waals surface area contributed by atoms with Crippen molar-refractivity contribution in [3.8, 4) is 34.3 Å². The molecule has 0 aliphatic carbocycles. The van der Waals surface area contributed by atoms with Crippen molar-refractivity contribution in [3.05, 3.63) is 46.6 Å². The number of pyridine rings is 1. The summed E-state index contributed by atoms with van der Waals surface area (Å²) >= 11 is 0. The molecule has 3 aromatic rings. The molecule has 6 heteroatoms. The molecule has 0 spiro atoms. The Bertz CT molecular complexity index is 977. The van der Waals surface area contributed by atoms with Gasteiger partial charge in [-0.2, -0.15) is 0 Å². The van der Waals surface area contributed by atoms with Crippen molar-refractivity contribution in [2.45, 2.75) is 0 Å². The Hall–Kier alpha value is -3.15. The van der Waals surface area contributed by atoms with Crippen LogP contribution >= 0.6 is 0 Å². The van der Waals surface area contributed by atoms with E-state index in [1.807, 2.05) is 12.1 Å². The van der Waals surface area contributed by atoms with E-state index >= 15 is 0 Å². The average Bonchev–Trinajstić information content (AvgIpc) is 2.65. The van der Waals surface area contributed by atoms with Crippen LogP contribution in [0.2, 0.25) is 0 Å². The molecule has 0 saturated carbocycles. The zero-order valence-electron chi connectivity index (χ0n) is 14.5. The molecule has 0 amide bonds. The molecule has 1 aromatic heterocycles. The predicted molar refractivity (Wildman–Crippen MR) is 96.2 cm³/mol. The largest absolute Gasteiger partial charge is 0.497 e. The topological polar surface area (TPSA) is 69.8 Å². The van der Waals surface area contributed by atoms with E-state index in [-0.39, 0.29) is 5.43 Å². The van der Waals surface area contributed by atoms with Crippen LogP contribution in [0, 0.1) is 0 Å². The maximum absolute atomic E-state index is 12.6. The molecular weight excluding hydrogens is 322 g/mol. The van der Waals surface area contributed by atoms with Crippen LogP contribution in [0.25, 0.3) is 22.2 Å². The maximum atomic E-state index is 12.6. The third-order valence-electron chi connectivity index (χ3n) is 4.02. The lowest BCUT2D eigenvalue weighted by Crippen LogP contribution is -2.05. The van der Waals surface area contributed by atoms with Crippen LogP contribution in [0.3, 0.4) is 0 Å². The summed E-state index contributed by atoms with van der Waals surface area (Å²) in [4.78, 5) is 15.9. The summed E-state index contributed by atoms with van der Waals surface area (Å²) in [7, 11) is 6.24. The van der Waals surface area contributed by atoms with E-state index in [4.69, 9.17) is 18.9 Å². The van der Waals surface area contributed by atoms with Gasteiger partial charge in [0.1, 0.15) is 11.5 Å². The Morgan fingerprint density at radius 1 is 0.760 bits per heavy atom. The number of H-pyrrole nitrogens is 1. The van der Waals surface area contributed by atoms with Gasteiger partial charge in [-0.1, -0.05) is 0 Å². The van der Waals surface area contributed by atoms with Crippen molar-refractivity contribution in [1.29, 1.82) is 0 Å². The number of aromatic nitrogens is 1. The zero-order chi connectivity index (χ0) is 18.0. The molecule has 0 unspecified atom stereocenters. The fourth-order valence-corrected chi connectivity index (χ4v) is 2.77. The first-order valence-corrected chi connectivity index (χ1v) is 7.62. The minimum atomic E-state index is -0.141. The van der Waals surface area contributed by atoms with Crippen LogP contribution in [0.1, 0.15) is 0 Å². The van der Waals surface area contributed by atoms with Crippen LogP contribution in [-0.4, -0.2) is 33.4 Å². The van der Waals surface area contributed by atoms with Crippen molar-refractivity contribution in [2.24, 2.45) is 0 Å². The Balaban J connectivity index is 2.23. The van der Waals surface area contributed by atoms with E-state index < -0.39 is 0 Å². The molecule has 0 radical (unpaired) electrons. The van der Waals surface area contributed by atoms with E-state index in [0.29, 0.717) is 39.6 Å². The second-order valence-electron chi connectivity index (χ2n) is 5.37. The molecule has 0 atom stereocenters. The van der Waals surface area contributed by atoms with Gasteiger partial charge in [-0.15, -0.1) is 0 Å². The number of ether oxygens (including phenoxy) is 4. The van der Waals surface area contributed by atoms with Gasteiger partial charge >= 0.3 is 0 Å². The molecule has 0 saturated heterocycles. The Labute approximate surface area is 144 Å². The van der Waals surface area contributed by atoms with Gasteiger partial charge in [-0.05, 0) is 18.2 Å². The van der Waals surface area contributed by atoms with E-state index in [2.05, 4.69) is 4.98 Å². The zero-order valence-corrected chi connectivity index (χ0v) is 14.5. The van der Waals surface area contributed by atoms with E-state index in [1.165, 1.54) is 7.11 Å². The molecule has 1 heterocycles. The summed E-state index contributed by atoms with van der Waals surface area (Å²) in [5.74, 6) is 2.28. The van der Waals surface area contributed by atoms with Gasteiger partial charge in [0.05, 0.1) is 39.3 Å². The molecule has 0 fully saturated rings. The number of hydrogen-bond donors (Lipinski definition) is 1. The van der Waals surface area contributed by atoms with Gasteiger partial charge in [-0.25, -0.2) is 0 Å². The highest BCUT2D eigenvalue weighted by Gasteiger charge is 2.13. The van der Waals surface area contributed by atoms with Gasteiger partial charge in [0.25, 0.3) is 0 Å². The smallest absolute Gasteiger partial charge is 0.193 e. The third-order valence-corrected chi connectivity index (χ3v) is 4.02. The first kappa shape index (κ1) is 16.7. The summed E-state index contributed by atoms with van der Waals surface area (Å²) < 4.78 is 21.2. The number of aromatic amines is 1. The van der Waals surface area contributed by atoms with Crippen LogP contribution in [0.5, 0.6) is 23.0 Å². The first-order chi connectivity index (χ1) is 12.1. The van der Waals surface area contributed by atoms with Crippen molar-refractivity contribution in [3.63, 3.8) is 0 Å². The minimum Gasteiger partial charge on any atom is -0.497 e. The van der Waals surface area contributed by atoms with Gasteiger partial charge in [-0.3, -0.25) is 4.79 Å². The maximum Gasteiger partial charge on any atom is 0.193 e. The highest BCUT2D eigenvalue weighted by molar-refractivity contribution is 5.88. The lowest BCUT2D eigenvalue weighted by atomic mass is 10.1. The molecule has 0 aliphatic heterocycles. The molecule has 25 heavy (non-hydrogen) atoms. The van der Waals surface area contributed by atoms with Gasteiger partial charge < -0.3 is 23.9 Å². The van der Waals surface area contributed by atoms with E-state index in [1.54, 1.807) is 45.6 Å². The molecule has 3 rings (SSSR count). The van der Waals surface area contributed by atoms with Crippen molar-refractivity contribution < 1.29 is 18.9 Å².